The van der Waals surface area contributed by atoms with E-state index in [1.165, 1.54) is 4.57 Å². The first-order chi connectivity index (χ1) is 13.2. The van der Waals surface area contributed by atoms with Gasteiger partial charge in [-0.15, -0.1) is 0 Å². The smallest absolute Gasteiger partial charge is 0.316 e. The third-order valence-electron chi connectivity index (χ3n) is 4.85. The van der Waals surface area contributed by atoms with Gasteiger partial charge in [-0.25, -0.2) is 0 Å². The van der Waals surface area contributed by atoms with Crippen LogP contribution in [0.25, 0.3) is 11.0 Å². The molecular weight excluding hydrogens is 401 g/mol. The summed E-state index contributed by atoms with van der Waals surface area (Å²) in [5, 5.41) is 1.00. The molecule has 0 bridgehead atoms. The lowest BCUT2D eigenvalue weighted by Gasteiger charge is -2.26. The van der Waals surface area contributed by atoms with Gasteiger partial charge >= 0.3 is 11.1 Å². The first-order valence-electron chi connectivity index (χ1n) is 8.73. The summed E-state index contributed by atoms with van der Waals surface area (Å²) in [6.07, 6.45) is 0. The van der Waals surface area contributed by atoms with Crippen molar-refractivity contribution in [1.29, 1.82) is 0 Å². The maximum atomic E-state index is 13.0. The quantitative estimate of drug-likeness (QED) is 0.652. The van der Waals surface area contributed by atoms with Gasteiger partial charge in [0.15, 0.2) is 0 Å². The van der Waals surface area contributed by atoms with Gasteiger partial charge in [0.1, 0.15) is 0 Å². The molecule has 0 aliphatic heterocycles. The molecule has 0 spiro atoms. The second kappa shape index (κ2) is 7.81. The lowest BCUT2D eigenvalue weighted by Crippen LogP contribution is -2.36. The van der Waals surface area contributed by atoms with Crippen molar-refractivity contribution in [3.05, 3.63) is 78.3 Å². The van der Waals surface area contributed by atoms with E-state index in [0.29, 0.717) is 33.2 Å². The number of carbonyl (C=O) groups is 1. The molecular formula is C20H19Cl2N3O3. The van der Waals surface area contributed by atoms with Crippen LogP contribution in [0.3, 0.4) is 0 Å². The highest BCUT2D eigenvalue weighted by molar-refractivity contribution is 6.35. The summed E-state index contributed by atoms with van der Waals surface area (Å²) in [4.78, 5) is 40.9. The van der Waals surface area contributed by atoms with Gasteiger partial charge in [0, 0.05) is 29.2 Å². The van der Waals surface area contributed by atoms with E-state index in [0.717, 1.165) is 5.56 Å². The summed E-state index contributed by atoms with van der Waals surface area (Å²) in [6.45, 7) is 4.01. The number of nitrogens with zero attached hydrogens (tertiary/aromatic N) is 2. The molecule has 1 heterocycles. The minimum absolute atomic E-state index is 0.240. The number of amides is 1. The van der Waals surface area contributed by atoms with Gasteiger partial charge in [-0.1, -0.05) is 29.3 Å². The van der Waals surface area contributed by atoms with E-state index in [2.05, 4.69) is 4.98 Å². The van der Waals surface area contributed by atoms with Gasteiger partial charge in [-0.2, -0.15) is 0 Å². The SMILES string of the molecule is CCn1c(=O)c(=O)[nH]c2cc(C(=O)N(C)[C@@H](C)c3ccc(Cl)cc3Cl)ccc21. The number of hydrogen-bond donors (Lipinski definition) is 1. The molecule has 1 atom stereocenters. The fourth-order valence-corrected chi connectivity index (χ4v) is 3.72. The number of halogens is 2. The number of aryl methyl sites for hydroxylation is 1. The Labute approximate surface area is 171 Å². The molecule has 0 saturated carbocycles. The van der Waals surface area contributed by atoms with E-state index in [1.54, 1.807) is 55.3 Å². The zero-order valence-corrected chi connectivity index (χ0v) is 17.1. The predicted molar refractivity (Wildman–Crippen MR) is 111 cm³/mol. The van der Waals surface area contributed by atoms with Gasteiger partial charge in [0.25, 0.3) is 5.91 Å². The van der Waals surface area contributed by atoms with Crippen LogP contribution >= 0.6 is 23.2 Å². The van der Waals surface area contributed by atoms with Crippen molar-refractivity contribution in [3.8, 4) is 0 Å². The van der Waals surface area contributed by atoms with Crippen LogP contribution in [-0.4, -0.2) is 27.4 Å². The third-order valence-corrected chi connectivity index (χ3v) is 5.41. The molecule has 0 aliphatic rings. The van der Waals surface area contributed by atoms with Crippen molar-refractivity contribution >= 4 is 40.1 Å². The first kappa shape index (κ1) is 20.2. The molecule has 3 rings (SSSR count). The number of hydrogen-bond acceptors (Lipinski definition) is 3. The molecule has 1 N–H and O–H groups in total. The van der Waals surface area contributed by atoms with Crippen LogP contribution in [-0.2, 0) is 6.54 Å². The third kappa shape index (κ3) is 3.57. The van der Waals surface area contributed by atoms with Crippen molar-refractivity contribution in [2.24, 2.45) is 0 Å². The Kier molecular flexibility index (Phi) is 5.63. The average molecular weight is 420 g/mol. The van der Waals surface area contributed by atoms with Crippen LogP contribution in [0.2, 0.25) is 10.0 Å². The molecule has 6 nitrogen and oxygen atoms in total. The standard InChI is InChI=1S/C20H19Cl2N3O3/c1-4-25-17-8-5-12(9-16(17)23-18(26)20(25)28)19(27)24(3)11(2)14-7-6-13(21)10-15(14)22/h5-11H,4H2,1-3H3,(H,23,26)/t11-/m0/s1. The largest absolute Gasteiger partial charge is 0.335 e. The van der Waals surface area contributed by atoms with Crippen LogP contribution in [0.4, 0.5) is 0 Å². The number of aromatic amines is 1. The summed E-state index contributed by atoms with van der Waals surface area (Å²) < 4.78 is 1.38. The number of nitrogens with one attached hydrogen (secondary N) is 1. The Bertz CT molecular complexity index is 1180. The van der Waals surface area contributed by atoms with Crippen molar-refractivity contribution in [2.45, 2.75) is 26.4 Å². The van der Waals surface area contributed by atoms with Crippen LogP contribution in [0.1, 0.15) is 35.8 Å². The molecule has 1 amide bonds. The highest BCUT2D eigenvalue weighted by atomic mass is 35.5. The maximum Gasteiger partial charge on any atom is 0.316 e. The van der Waals surface area contributed by atoms with Gasteiger partial charge in [0.05, 0.1) is 17.1 Å². The fourth-order valence-electron chi connectivity index (χ4n) is 3.15. The second-order valence-corrected chi connectivity index (χ2v) is 7.34. The molecule has 146 valence electrons. The van der Waals surface area contributed by atoms with Crippen LogP contribution in [0.15, 0.2) is 46.0 Å². The summed E-state index contributed by atoms with van der Waals surface area (Å²) >= 11 is 12.2. The Morgan fingerprint density at radius 2 is 1.89 bits per heavy atom. The van der Waals surface area contributed by atoms with E-state index in [1.807, 2.05) is 6.92 Å². The highest BCUT2D eigenvalue weighted by Gasteiger charge is 2.21. The van der Waals surface area contributed by atoms with Crippen molar-refractivity contribution in [1.82, 2.24) is 14.5 Å². The predicted octanol–water partition coefficient (Wildman–Crippen LogP) is 3.85. The number of aromatic nitrogens is 2. The minimum Gasteiger partial charge on any atom is -0.335 e. The zero-order chi connectivity index (χ0) is 20.6. The average Bonchev–Trinajstić information content (AvgIpc) is 2.67. The Balaban J connectivity index is 1.99. The monoisotopic (exact) mass is 419 g/mol. The Hall–Kier alpha value is -2.57. The number of rotatable bonds is 4. The van der Waals surface area contributed by atoms with Crippen LogP contribution in [0.5, 0.6) is 0 Å². The van der Waals surface area contributed by atoms with Gasteiger partial charge in [-0.05, 0) is 49.7 Å². The van der Waals surface area contributed by atoms with E-state index < -0.39 is 11.1 Å². The van der Waals surface area contributed by atoms with Gasteiger partial charge in [-0.3, -0.25) is 14.4 Å². The van der Waals surface area contributed by atoms with Crippen LogP contribution < -0.4 is 11.1 Å². The summed E-state index contributed by atoms with van der Waals surface area (Å²) in [5.41, 5.74) is 0.841. The molecule has 0 aliphatic carbocycles. The topological polar surface area (TPSA) is 75.2 Å². The normalized spacial score (nSPS) is 12.2. The van der Waals surface area contributed by atoms with E-state index in [4.69, 9.17) is 23.2 Å². The molecule has 1 aromatic heterocycles. The number of H-pyrrole nitrogens is 1. The molecule has 0 fully saturated rings. The summed E-state index contributed by atoms with van der Waals surface area (Å²) in [5.74, 6) is -0.240. The van der Waals surface area contributed by atoms with Crippen molar-refractivity contribution in [3.63, 3.8) is 0 Å². The maximum absolute atomic E-state index is 13.0. The molecule has 8 heteroatoms. The van der Waals surface area contributed by atoms with E-state index in [-0.39, 0.29) is 11.9 Å². The number of carbonyl (C=O) groups excluding carboxylic acids is 1. The fraction of sp³-hybridized carbons (Fsp3) is 0.250. The van der Waals surface area contributed by atoms with Crippen molar-refractivity contribution < 1.29 is 4.79 Å². The molecule has 2 aromatic carbocycles. The lowest BCUT2D eigenvalue weighted by molar-refractivity contribution is 0.0743. The van der Waals surface area contributed by atoms with Crippen LogP contribution in [0, 0.1) is 0 Å². The first-order valence-corrected chi connectivity index (χ1v) is 9.49. The highest BCUT2D eigenvalue weighted by Crippen LogP contribution is 2.30. The molecule has 0 radical (unpaired) electrons. The molecule has 3 aromatic rings. The second-order valence-electron chi connectivity index (χ2n) is 6.49. The molecule has 28 heavy (non-hydrogen) atoms. The molecule has 0 unspecified atom stereocenters. The van der Waals surface area contributed by atoms with E-state index >= 15 is 0 Å². The Morgan fingerprint density at radius 3 is 2.54 bits per heavy atom. The van der Waals surface area contributed by atoms with Gasteiger partial charge in [0.2, 0.25) is 0 Å². The molecule has 0 saturated heterocycles. The number of fused-ring (bicyclic) bond motifs is 1. The Morgan fingerprint density at radius 1 is 1.18 bits per heavy atom. The van der Waals surface area contributed by atoms with E-state index in [9.17, 15) is 14.4 Å². The zero-order valence-electron chi connectivity index (χ0n) is 15.6. The van der Waals surface area contributed by atoms with Gasteiger partial charge < -0.3 is 14.5 Å². The summed E-state index contributed by atoms with van der Waals surface area (Å²) in [6, 6.07) is 9.74. The lowest BCUT2D eigenvalue weighted by atomic mass is 10.1. The summed E-state index contributed by atoms with van der Waals surface area (Å²) in [7, 11) is 1.68. The van der Waals surface area contributed by atoms with Crippen molar-refractivity contribution in [2.75, 3.05) is 7.05 Å². The minimum atomic E-state index is -0.714. The number of benzene rings is 2.